The Kier molecular flexibility index (Phi) is 16.2. The molecule has 0 amide bonds. The van der Waals surface area contributed by atoms with Crippen LogP contribution in [-0.2, 0) is 16.5 Å². The zero-order chi connectivity index (χ0) is 32.6. The molecule has 0 heterocycles. The summed E-state index contributed by atoms with van der Waals surface area (Å²) in [6.45, 7) is 0. The van der Waals surface area contributed by atoms with Gasteiger partial charge in [0, 0.05) is 0 Å². The molecule has 0 fully saturated rings. The second kappa shape index (κ2) is 21.0. The van der Waals surface area contributed by atoms with E-state index in [9.17, 15) is 0 Å². The van der Waals surface area contributed by atoms with Crippen LogP contribution in [0.25, 0.3) is 10.8 Å². The van der Waals surface area contributed by atoms with Crippen molar-refractivity contribution in [2.24, 2.45) is 0 Å². The second-order valence-corrected chi connectivity index (χ2v) is 15.4. The van der Waals surface area contributed by atoms with E-state index in [2.05, 4.69) is 206 Å². The Balaban J connectivity index is 0.000000173. The number of hydrogen-bond acceptors (Lipinski definition) is 0. The van der Waals surface area contributed by atoms with Gasteiger partial charge in [-0.3, -0.25) is 0 Å². The largest absolute Gasteiger partial charge is 2.00 e. The molecule has 0 atom stereocenters. The first-order valence-electron chi connectivity index (χ1n) is 16.1. The normalized spacial score (nSPS) is 10.0. The maximum atomic E-state index is 3.04. The van der Waals surface area contributed by atoms with Crippen LogP contribution in [0.2, 0.25) is 0 Å². The van der Waals surface area contributed by atoms with Crippen LogP contribution in [0, 0.1) is 6.07 Å². The van der Waals surface area contributed by atoms with Crippen molar-refractivity contribution >= 4 is 58.4 Å². The van der Waals surface area contributed by atoms with Crippen molar-refractivity contribution < 1.29 is 28.9 Å². The van der Waals surface area contributed by atoms with Crippen LogP contribution >= 0.6 is 15.8 Å². The van der Waals surface area contributed by atoms with Crippen LogP contribution in [0.5, 0.6) is 0 Å². The van der Waals surface area contributed by atoms with Gasteiger partial charge in [-0.1, -0.05) is 200 Å². The fourth-order valence-electron chi connectivity index (χ4n) is 5.43. The first kappa shape index (κ1) is 38.5. The molecule has 0 bridgehead atoms. The van der Waals surface area contributed by atoms with Gasteiger partial charge in [0.15, 0.2) is 0 Å². The van der Waals surface area contributed by atoms with Gasteiger partial charge in [0.25, 0.3) is 0 Å². The van der Waals surface area contributed by atoms with Gasteiger partial charge in [-0.15, -0.1) is 16.8 Å². The van der Waals surface area contributed by atoms with Crippen molar-refractivity contribution in [2.75, 3.05) is 0 Å². The zero-order valence-corrected chi connectivity index (χ0v) is 31.0. The summed E-state index contributed by atoms with van der Waals surface area (Å²) in [6.07, 6.45) is 0. The maximum Gasteiger partial charge on any atom is 2.00 e. The fraction of sp³-hybridized carbons (Fsp3) is 0. The molecule has 0 saturated carbocycles. The molecule has 0 unspecified atom stereocenters. The Morgan fingerprint density at radius 3 is 0.780 bits per heavy atom. The van der Waals surface area contributed by atoms with Crippen molar-refractivity contribution in [1.29, 1.82) is 0 Å². The standard InChI is InChI=1S/2C18H15P.C10H7.ClH.Ni/c2*1-4-10-16(11-5-1)19(17-12-6-2-7-13-17)18-14-8-3-9-15-18;1-2-6-10-8-4-3-7-9(10)5-1;;/h2*1-15H;1-3,5-8H;1H;/q;;-1;;+2/p-1. The molecule has 4 heteroatoms. The Morgan fingerprint density at radius 1 is 0.280 bits per heavy atom. The number of benzene rings is 8. The summed E-state index contributed by atoms with van der Waals surface area (Å²) in [5.41, 5.74) is 0. The van der Waals surface area contributed by atoms with E-state index in [1.165, 1.54) is 42.6 Å². The Bertz CT molecular complexity index is 1690. The average molecular weight is 746 g/mol. The van der Waals surface area contributed by atoms with Gasteiger partial charge in [0.1, 0.15) is 0 Å². The summed E-state index contributed by atoms with van der Waals surface area (Å²) >= 11 is 0. The van der Waals surface area contributed by atoms with Crippen molar-refractivity contribution in [3.63, 3.8) is 0 Å². The molecule has 0 N–H and O–H groups in total. The molecule has 0 aliphatic rings. The van der Waals surface area contributed by atoms with Crippen molar-refractivity contribution in [3.05, 3.63) is 231 Å². The number of halogens is 1. The monoisotopic (exact) mass is 744 g/mol. The third-order valence-electron chi connectivity index (χ3n) is 7.68. The van der Waals surface area contributed by atoms with E-state index in [1.807, 2.05) is 24.3 Å². The molecule has 50 heavy (non-hydrogen) atoms. The molecule has 0 aliphatic heterocycles. The summed E-state index contributed by atoms with van der Waals surface area (Å²) in [7, 11) is -0.892. The summed E-state index contributed by atoms with van der Waals surface area (Å²) in [5, 5.41) is 10.9. The molecule has 0 aromatic heterocycles. The molecule has 8 aromatic carbocycles. The molecule has 8 rings (SSSR count). The van der Waals surface area contributed by atoms with Crippen LogP contribution in [-0.4, -0.2) is 0 Å². The molecule has 0 saturated heterocycles. The first-order chi connectivity index (χ1) is 23.9. The van der Waals surface area contributed by atoms with Gasteiger partial charge in [-0.05, 0) is 47.7 Å². The third kappa shape index (κ3) is 10.8. The van der Waals surface area contributed by atoms with Gasteiger partial charge in [-0.2, -0.15) is 24.3 Å². The van der Waals surface area contributed by atoms with E-state index in [1.54, 1.807) is 0 Å². The van der Waals surface area contributed by atoms with Crippen LogP contribution in [0.1, 0.15) is 0 Å². The zero-order valence-electron chi connectivity index (χ0n) is 27.5. The summed E-state index contributed by atoms with van der Waals surface area (Å²) in [4.78, 5) is 0. The van der Waals surface area contributed by atoms with Gasteiger partial charge in [-0.25, -0.2) is 0 Å². The van der Waals surface area contributed by atoms with Crippen molar-refractivity contribution in [3.8, 4) is 0 Å². The maximum absolute atomic E-state index is 3.04. The second-order valence-electron chi connectivity index (χ2n) is 11.0. The van der Waals surface area contributed by atoms with E-state index >= 15 is 0 Å². The van der Waals surface area contributed by atoms with E-state index in [4.69, 9.17) is 0 Å². The van der Waals surface area contributed by atoms with Gasteiger partial charge in [0.05, 0.1) is 0 Å². The Labute approximate surface area is 316 Å². The predicted octanol–water partition coefficient (Wildman–Crippen LogP) is 6.53. The van der Waals surface area contributed by atoms with Crippen LogP contribution in [0.4, 0.5) is 0 Å². The molecule has 0 aliphatic carbocycles. The molecule has 0 radical (unpaired) electrons. The molecule has 0 nitrogen and oxygen atoms in total. The Morgan fingerprint density at radius 2 is 0.520 bits per heavy atom. The summed E-state index contributed by atoms with van der Waals surface area (Å²) in [6, 6.07) is 82.0. The van der Waals surface area contributed by atoms with Crippen LogP contribution in [0.3, 0.4) is 0 Å². The van der Waals surface area contributed by atoms with Gasteiger partial charge < -0.3 is 12.4 Å². The topological polar surface area (TPSA) is 0 Å². The van der Waals surface area contributed by atoms with Gasteiger partial charge >= 0.3 is 16.5 Å². The average Bonchev–Trinajstić information content (AvgIpc) is 3.18. The molecule has 8 aromatic rings. The Hall–Kier alpha value is -4.34. The fourth-order valence-corrected chi connectivity index (χ4v) is 10.0. The first-order valence-corrected chi connectivity index (χ1v) is 18.8. The third-order valence-corrected chi connectivity index (χ3v) is 12.6. The molecular formula is C46H37ClNiP2. The number of rotatable bonds is 6. The van der Waals surface area contributed by atoms with Crippen molar-refractivity contribution in [1.82, 2.24) is 0 Å². The summed E-state index contributed by atoms with van der Waals surface area (Å²) < 4.78 is 0. The molecule has 248 valence electrons. The quantitative estimate of drug-likeness (QED) is 0.103. The number of hydrogen-bond donors (Lipinski definition) is 0. The molecular weight excluding hydrogens is 709 g/mol. The SMILES string of the molecule is [Cl-].[Ni+2].[c-]1ccc2ccccc2c1.c1ccc(P(c2ccccc2)c2ccccc2)cc1.c1ccc(P(c2ccccc2)c2ccccc2)cc1. The van der Waals surface area contributed by atoms with E-state index in [0.29, 0.717) is 0 Å². The molecule has 0 spiro atoms. The van der Waals surface area contributed by atoms with Gasteiger partial charge in [0.2, 0.25) is 0 Å². The number of fused-ring (bicyclic) bond motifs is 1. The minimum absolute atomic E-state index is 0. The van der Waals surface area contributed by atoms with Crippen LogP contribution < -0.4 is 44.2 Å². The van der Waals surface area contributed by atoms with E-state index in [0.717, 1.165) is 0 Å². The van der Waals surface area contributed by atoms with E-state index < -0.39 is 15.8 Å². The smallest absolute Gasteiger partial charge is 1.00 e. The predicted molar refractivity (Wildman–Crippen MR) is 213 cm³/mol. The van der Waals surface area contributed by atoms with Crippen LogP contribution in [0.15, 0.2) is 224 Å². The van der Waals surface area contributed by atoms with Crippen molar-refractivity contribution in [2.45, 2.75) is 0 Å². The minimum atomic E-state index is -0.446. The van der Waals surface area contributed by atoms with E-state index in [-0.39, 0.29) is 28.9 Å². The minimum Gasteiger partial charge on any atom is -1.00 e. The summed E-state index contributed by atoms with van der Waals surface area (Å²) in [5.74, 6) is 0.